The zero-order valence-corrected chi connectivity index (χ0v) is 8.51. The molecule has 0 unspecified atom stereocenters. The van der Waals surface area contributed by atoms with Crippen molar-refractivity contribution >= 4 is 5.91 Å². The molecule has 4 nitrogen and oxygen atoms in total. The molecule has 0 aromatic rings. The van der Waals surface area contributed by atoms with Crippen molar-refractivity contribution in [2.75, 3.05) is 19.6 Å². The average molecular weight is 197 g/mol. The number of hydrogen-bond donors (Lipinski definition) is 3. The van der Waals surface area contributed by atoms with Gasteiger partial charge >= 0.3 is 0 Å². The minimum atomic E-state index is 0.223. The second kappa shape index (κ2) is 4.75. The molecule has 14 heavy (non-hydrogen) atoms. The lowest BCUT2D eigenvalue weighted by atomic mass is 10.2. The molecule has 1 aliphatic carbocycles. The molecule has 80 valence electrons. The van der Waals surface area contributed by atoms with Crippen LogP contribution in [0.3, 0.4) is 0 Å². The van der Waals surface area contributed by atoms with Gasteiger partial charge < -0.3 is 16.0 Å². The van der Waals surface area contributed by atoms with Crippen LogP contribution in [-0.2, 0) is 4.79 Å². The maximum Gasteiger partial charge on any atom is 0.220 e. The van der Waals surface area contributed by atoms with Gasteiger partial charge in [-0.05, 0) is 25.8 Å². The first kappa shape index (κ1) is 9.93. The number of hydrogen-bond acceptors (Lipinski definition) is 3. The molecule has 2 fully saturated rings. The van der Waals surface area contributed by atoms with Crippen molar-refractivity contribution in [2.45, 2.75) is 37.8 Å². The molecule has 0 aromatic carbocycles. The van der Waals surface area contributed by atoms with Crippen LogP contribution in [0, 0.1) is 0 Å². The van der Waals surface area contributed by atoms with Crippen LogP contribution in [0.15, 0.2) is 0 Å². The van der Waals surface area contributed by atoms with Gasteiger partial charge in [-0.15, -0.1) is 0 Å². The van der Waals surface area contributed by atoms with Crippen molar-refractivity contribution in [2.24, 2.45) is 0 Å². The van der Waals surface area contributed by atoms with Gasteiger partial charge in [0, 0.05) is 31.6 Å². The molecule has 1 heterocycles. The van der Waals surface area contributed by atoms with Crippen molar-refractivity contribution in [1.82, 2.24) is 16.0 Å². The molecular weight excluding hydrogens is 178 g/mol. The zero-order chi connectivity index (χ0) is 9.80. The van der Waals surface area contributed by atoms with E-state index in [9.17, 15) is 4.79 Å². The van der Waals surface area contributed by atoms with E-state index in [0.717, 1.165) is 26.1 Å². The van der Waals surface area contributed by atoms with Crippen molar-refractivity contribution in [3.8, 4) is 0 Å². The monoisotopic (exact) mass is 197 g/mol. The summed E-state index contributed by atoms with van der Waals surface area (Å²) in [5.74, 6) is 0.223. The molecule has 1 saturated carbocycles. The quantitative estimate of drug-likeness (QED) is 0.508. The van der Waals surface area contributed by atoms with Crippen molar-refractivity contribution in [3.63, 3.8) is 0 Å². The number of amides is 1. The number of carbonyl (C=O) groups excluding carboxylic acids is 1. The van der Waals surface area contributed by atoms with Gasteiger partial charge in [0.25, 0.3) is 0 Å². The predicted molar refractivity (Wildman–Crippen MR) is 55.1 cm³/mol. The maximum atomic E-state index is 11.3. The molecule has 4 heteroatoms. The molecule has 3 N–H and O–H groups in total. The largest absolute Gasteiger partial charge is 0.353 e. The summed E-state index contributed by atoms with van der Waals surface area (Å²) < 4.78 is 0. The molecule has 1 aliphatic heterocycles. The standard InChI is InChI=1S/C10H19N3O/c14-10(13-8-3-4-8)2-1-5-12-9-6-11-7-9/h8-9,11-12H,1-7H2,(H,13,14). The summed E-state index contributed by atoms with van der Waals surface area (Å²) in [4.78, 5) is 11.3. The van der Waals surface area contributed by atoms with Crippen molar-refractivity contribution < 1.29 is 4.79 Å². The third-order valence-electron chi connectivity index (χ3n) is 2.74. The lowest BCUT2D eigenvalue weighted by Gasteiger charge is -2.28. The van der Waals surface area contributed by atoms with Crippen LogP contribution in [-0.4, -0.2) is 37.6 Å². The summed E-state index contributed by atoms with van der Waals surface area (Å²) in [6.45, 7) is 3.12. The van der Waals surface area contributed by atoms with Crippen molar-refractivity contribution in [1.29, 1.82) is 0 Å². The molecule has 0 spiro atoms. The summed E-state index contributed by atoms with van der Waals surface area (Å²) in [5.41, 5.74) is 0. The average Bonchev–Trinajstić information content (AvgIpc) is 2.84. The van der Waals surface area contributed by atoms with Crippen LogP contribution in [0.2, 0.25) is 0 Å². The molecule has 2 rings (SSSR count). The first-order chi connectivity index (χ1) is 6.84. The maximum absolute atomic E-state index is 11.3. The molecule has 0 bridgehead atoms. The number of carbonyl (C=O) groups is 1. The summed E-state index contributed by atoms with van der Waals surface area (Å²) >= 11 is 0. The Hall–Kier alpha value is -0.610. The molecule has 2 aliphatic rings. The second-order valence-electron chi connectivity index (χ2n) is 4.25. The van der Waals surface area contributed by atoms with Crippen molar-refractivity contribution in [3.05, 3.63) is 0 Å². The SMILES string of the molecule is O=C(CCCNC1CNC1)NC1CC1. The zero-order valence-electron chi connectivity index (χ0n) is 8.51. The highest BCUT2D eigenvalue weighted by molar-refractivity contribution is 5.76. The fourth-order valence-electron chi connectivity index (χ4n) is 1.52. The highest BCUT2D eigenvalue weighted by Gasteiger charge is 2.22. The smallest absolute Gasteiger partial charge is 0.220 e. The number of nitrogens with one attached hydrogen (secondary N) is 3. The molecular formula is C10H19N3O. The summed E-state index contributed by atoms with van der Waals surface area (Å²) in [6.07, 6.45) is 3.98. The van der Waals surface area contributed by atoms with Gasteiger partial charge in [-0.1, -0.05) is 0 Å². The Balaban J connectivity index is 1.42. The Morgan fingerprint density at radius 2 is 2.07 bits per heavy atom. The highest BCUT2D eigenvalue weighted by Crippen LogP contribution is 2.18. The molecule has 0 atom stereocenters. The van der Waals surface area contributed by atoms with Crippen LogP contribution in [0.1, 0.15) is 25.7 Å². The topological polar surface area (TPSA) is 53.2 Å². The van der Waals surface area contributed by atoms with Crippen LogP contribution in [0.5, 0.6) is 0 Å². The van der Waals surface area contributed by atoms with E-state index in [1.807, 2.05) is 0 Å². The molecule has 0 radical (unpaired) electrons. The Morgan fingerprint density at radius 3 is 2.64 bits per heavy atom. The van der Waals surface area contributed by atoms with Crippen LogP contribution in [0.25, 0.3) is 0 Å². The van der Waals surface area contributed by atoms with E-state index in [4.69, 9.17) is 0 Å². The normalized spacial score (nSPS) is 21.7. The van der Waals surface area contributed by atoms with E-state index in [1.165, 1.54) is 12.8 Å². The van der Waals surface area contributed by atoms with E-state index in [0.29, 0.717) is 18.5 Å². The third-order valence-corrected chi connectivity index (χ3v) is 2.74. The Labute approximate surface area is 84.8 Å². The Kier molecular flexibility index (Phi) is 3.37. The first-order valence-corrected chi connectivity index (χ1v) is 5.58. The van der Waals surface area contributed by atoms with Gasteiger partial charge in [0.15, 0.2) is 0 Å². The van der Waals surface area contributed by atoms with E-state index in [2.05, 4.69) is 16.0 Å². The van der Waals surface area contributed by atoms with Gasteiger partial charge in [-0.25, -0.2) is 0 Å². The summed E-state index contributed by atoms with van der Waals surface area (Å²) in [5, 5.41) is 9.60. The van der Waals surface area contributed by atoms with Gasteiger partial charge in [0.2, 0.25) is 5.91 Å². The fraction of sp³-hybridized carbons (Fsp3) is 0.900. The van der Waals surface area contributed by atoms with Gasteiger partial charge in [-0.2, -0.15) is 0 Å². The fourth-order valence-corrected chi connectivity index (χ4v) is 1.52. The highest BCUT2D eigenvalue weighted by atomic mass is 16.1. The molecule has 0 aromatic heterocycles. The van der Waals surface area contributed by atoms with Gasteiger partial charge in [0.05, 0.1) is 0 Å². The lowest BCUT2D eigenvalue weighted by Crippen LogP contribution is -2.55. The summed E-state index contributed by atoms with van der Waals surface area (Å²) in [6, 6.07) is 1.15. The van der Waals surface area contributed by atoms with Gasteiger partial charge in [0.1, 0.15) is 0 Å². The third kappa shape index (κ3) is 3.27. The number of rotatable bonds is 6. The second-order valence-corrected chi connectivity index (χ2v) is 4.25. The molecule has 1 amide bonds. The Bertz CT molecular complexity index is 200. The predicted octanol–water partition coefficient (Wildman–Crippen LogP) is -0.393. The van der Waals surface area contributed by atoms with Crippen LogP contribution < -0.4 is 16.0 Å². The minimum absolute atomic E-state index is 0.223. The van der Waals surface area contributed by atoms with E-state index in [1.54, 1.807) is 0 Å². The minimum Gasteiger partial charge on any atom is -0.353 e. The van der Waals surface area contributed by atoms with E-state index < -0.39 is 0 Å². The summed E-state index contributed by atoms with van der Waals surface area (Å²) in [7, 11) is 0. The van der Waals surface area contributed by atoms with Gasteiger partial charge in [-0.3, -0.25) is 4.79 Å². The van der Waals surface area contributed by atoms with Crippen LogP contribution in [0.4, 0.5) is 0 Å². The van der Waals surface area contributed by atoms with E-state index in [-0.39, 0.29) is 5.91 Å². The lowest BCUT2D eigenvalue weighted by molar-refractivity contribution is -0.121. The molecule has 1 saturated heterocycles. The Morgan fingerprint density at radius 1 is 1.29 bits per heavy atom. The first-order valence-electron chi connectivity index (χ1n) is 5.58. The van der Waals surface area contributed by atoms with Crippen LogP contribution >= 0.6 is 0 Å². The van der Waals surface area contributed by atoms with E-state index >= 15 is 0 Å².